The molecule has 0 aromatic heterocycles. The van der Waals surface area contributed by atoms with Gasteiger partial charge in [-0.15, -0.1) is 0 Å². The lowest BCUT2D eigenvalue weighted by Crippen LogP contribution is -2.42. The Morgan fingerprint density at radius 3 is 2.53 bits per heavy atom. The molecule has 0 heterocycles. The van der Waals surface area contributed by atoms with E-state index in [1.807, 2.05) is 26.8 Å². The zero-order valence-electron chi connectivity index (χ0n) is 11.7. The van der Waals surface area contributed by atoms with Crippen LogP contribution in [0.15, 0.2) is 24.3 Å². The fourth-order valence-corrected chi connectivity index (χ4v) is 1.62. The summed E-state index contributed by atoms with van der Waals surface area (Å²) in [5.74, 6) is -0.549. The van der Waals surface area contributed by atoms with Crippen molar-refractivity contribution in [3.8, 4) is 0 Å². The van der Waals surface area contributed by atoms with Gasteiger partial charge in [0.15, 0.2) is 0 Å². The molecule has 0 saturated heterocycles. The van der Waals surface area contributed by atoms with Crippen LogP contribution in [0.4, 0.5) is 0 Å². The zero-order chi connectivity index (χ0) is 14.5. The van der Waals surface area contributed by atoms with E-state index in [1.54, 1.807) is 24.6 Å². The summed E-state index contributed by atoms with van der Waals surface area (Å²) in [5.41, 5.74) is 6.20. The summed E-state index contributed by atoms with van der Waals surface area (Å²) in [5, 5.41) is 2.94. The fraction of sp³-hybridized carbons (Fsp3) is 0.400. The minimum atomic E-state index is -0.485. The monoisotopic (exact) mass is 261 g/mol. The number of carbonyl (C=O) groups excluding carboxylic acids is 2. The second kappa shape index (κ2) is 6.36. The van der Waals surface area contributed by atoms with Crippen LogP contribution in [0.25, 0.3) is 0 Å². The lowest BCUT2D eigenvalue weighted by Gasteiger charge is -2.24. The van der Waals surface area contributed by atoms with Crippen LogP contribution in [0.1, 0.15) is 49.5 Å². The van der Waals surface area contributed by atoms with E-state index < -0.39 is 5.91 Å². The van der Waals surface area contributed by atoms with E-state index in [0.29, 0.717) is 11.1 Å². The summed E-state index contributed by atoms with van der Waals surface area (Å²) in [6.45, 7) is 5.97. The Morgan fingerprint density at radius 2 is 1.95 bits per heavy atom. The summed E-state index contributed by atoms with van der Waals surface area (Å²) in [7, 11) is 0. The van der Waals surface area contributed by atoms with Crippen molar-refractivity contribution in [2.45, 2.75) is 39.2 Å². The molecule has 0 aliphatic carbocycles. The molecule has 0 unspecified atom stereocenters. The topological polar surface area (TPSA) is 72.2 Å². The van der Waals surface area contributed by atoms with Crippen LogP contribution < -0.4 is 11.1 Å². The van der Waals surface area contributed by atoms with Gasteiger partial charge in [-0.1, -0.05) is 25.1 Å². The number of carbonyl (C=O) groups is 2. The molecule has 2 amide bonds. The van der Waals surface area contributed by atoms with Gasteiger partial charge >= 0.3 is 0 Å². The van der Waals surface area contributed by atoms with E-state index >= 15 is 0 Å². The van der Waals surface area contributed by atoms with Crippen LogP contribution in [-0.2, 0) is 4.79 Å². The maximum atomic E-state index is 11.8. The Balaban J connectivity index is 2.63. The Labute approximate surface area is 114 Å². The largest absolute Gasteiger partial charge is 0.366 e. The molecular weight excluding hydrogens is 240 g/mol. The number of nitrogens with two attached hydrogens (primary N) is 1. The number of hydrogen-bond donors (Lipinski definition) is 2. The first-order chi connectivity index (χ1) is 8.85. The van der Waals surface area contributed by atoms with E-state index in [0.717, 1.165) is 6.42 Å². The molecular formula is C15H21N2O2. The molecule has 0 saturated carbocycles. The van der Waals surface area contributed by atoms with Crippen LogP contribution in [0.5, 0.6) is 0 Å². The van der Waals surface area contributed by atoms with E-state index in [2.05, 4.69) is 5.32 Å². The van der Waals surface area contributed by atoms with Crippen molar-refractivity contribution in [2.24, 2.45) is 5.73 Å². The smallest absolute Gasteiger partial charge is 0.248 e. The molecule has 1 aromatic rings. The molecule has 19 heavy (non-hydrogen) atoms. The first-order valence-electron chi connectivity index (χ1n) is 6.39. The maximum absolute atomic E-state index is 11.8. The van der Waals surface area contributed by atoms with Gasteiger partial charge in [-0.3, -0.25) is 9.59 Å². The molecule has 1 radical (unpaired) electrons. The summed E-state index contributed by atoms with van der Waals surface area (Å²) >= 11 is 0. The second-order valence-corrected chi connectivity index (χ2v) is 5.15. The molecule has 4 heteroatoms. The van der Waals surface area contributed by atoms with Gasteiger partial charge in [0.1, 0.15) is 0 Å². The van der Waals surface area contributed by atoms with Crippen molar-refractivity contribution in [3.05, 3.63) is 41.8 Å². The van der Waals surface area contributed by atoms with Gasteiger partial charge in [0, 0.05) is 23.9 Å². The third-order valence-corrected chi connectivity index (χ3v) is 3.10. The lowest BCUT2D eigenvalue weighted by molar-refractivity contribution is -0.122. The molecule has 4 nitrogen and oxygen atoms in total. The van der Waals surface area contributed by atoms with Gasteiger partial charge in [0.2, 0.25) is 11.8 Å². The van der Waals surface area contributed by atoms with Crippen molar-refractivity contribution in [2.75, 3.05) is 0 Å². The molecule has 0 bridgehead atoms. The number of nitrogens with one attached hydrogen (secondary N) is 1. The van der Waals surface area contributed by atoms with Crippen molar-refractivity contribution < 1.29 is 9.59 Å². The average Bonchev–Trinajstić information content (AvgIpc) is 2.36. The summed E-state index contributed by atoms with van der Waals surface area (Å²) < 4.78 is 0. The first-order valence-corrected chi connectivity index (χ1v) is 6.39. The predicted molar refractivity (Wildman–Crippen MR) is 75.5 cm³/mol. The van der Waals surface area contributed by atoms with E-state index in [9.17, 15) is 9.59 Å². The highest BCUT2D eigenvalue weighted by Gasteiger charge is 2.18. The van der Waals surface area contributed by atoms with E-state index in [-0.39, 0.29) is 17.9 Å². The van der Waals surface area contributed by atoms with Crippen LogP contribution in [-0.4, -0.2) is 17.4 Å². The Bertz CT molecular complexity index is 467. The maximum Gasteiger partial charge on any atom is 0.248 e. The van der Waals surface area contributed by atoms with Crippen LogP contribution in [0.3, 0.4) is 0 Å². The highest BCUT2D eigenvalue weighted by atomic mass is 16.2. The van der Waals surface area contributed by atoms with Crippen LogP contribution in [0.2, 0.25) is 0 Å². The highest BCUT2D eigenvalue weighted by molar-refractivity contribution is 5.95. The van der Waals surface area contributed by atoms with Crippen LogP contribution in [0, 0.1) is 6.42 Å². The minimum Gasteiger partial charge on any atom is -0.366 e. The van der Waals surface area contributed by atoms with Crippen LogP contribution >= 0.6 is 0 Å². The zero-order valence-corrected chi connectivity index (χ0v) is 11.7. The SMILES string of the molecule is CCC(C)(C)NC(=O)C[CH]c1ccccc1C(N)=O. The molecule has 0 aliphatic heterocycles. The van der Waals surface area contributed by atoms with Crippen molar-refractivity contribution in [1.82, 2.24) is 5.32 Å². The molecule has 0 fully saturated rings. The van der Waals surface area contributed by atoms with Crippen molar-refractivity contribution in [1.29, 1.82) is 0 Å². The molecule has 0 atom stereocenters. The number of rotatable bonds is 6. The quantitative estimate of drug-likeness (QED) is 0.822. The minimum absolute atomic E-state index is 0.0638. The second-order valence-electron chi connectivity index (χ2n) is 5.15. The molecule has 1 rings (SSSR count). The van der Waals surface area contributed by atoms with Gasteiger partial charge < -0.3 is 11.1 Å². The number of benzene rings is 1. The molecule has 103 valence electrons. The molecule has 0 spiro atoms. The van der Waals surface area contributed by atoms with Gasteiger partial charge in [-0.2, -0.15) is 0 Å². The van der Waals surface area contributed by atoms with Gasteiger partial charge in [-0.05, 0) is 31.9 Å². The Morgan fingerprint density at radius 1 is 1.32 bits per heavy atom. The normalized spacial score (nSPS) is 11.1. The van der Waals surface area contributed by atoms with Crippen molar-refractivity contribution >= 4 is 11.8 Å². The lowest BCUT2D eigenvalue weighted by atomic mass is 10.00. The number of hydrogen-bond acceptors (Lipinski definition) is 2. The third kappa shape index (κ3) is 4.73. The highest BCUT2D eigenvalue weighted by Crippen LogP contribution is 2.13. The number of amides is 2. The third-order valence-electron chi connectivity index (χ3n) is 3.10. The Hall–Kier alpha value is -1.84. The summed E-state index contributed by atoms with van der Waals surface area (Å²) in [4.78, 5) is 23.1. The Kier molecular flexibility index (Phi) is 5.10. The molecule has 0 aliphatic rings. The van der Waals surface area contributed by atoms with E-state index in [4.69, 9.17) is 5.73 Å². The molecule has 3 N–H and O–H groups in total. The van der Waals surface area contributed by atoms with E-state index in [1.165, 1.54) is 0 Å². The number of primary amides is 1. The predicted octanol–water partition coefficient (Wildman–Crippen LogP) is 2.03. The standard InChI is InChI=1S/C15H21N2O2/c1-4-15(2,3)17-13(18)10-9-11-7-5-6-8-12(11)14(16)19/h5-9H,4,10H2,1-3H3,(H2,16,19)(H,17,18). The average molecular weight is 261 g/mol. The van der Waals surface area contributed by atoms with Gasteiger partial charge in [0.05, 0.1) is 0 Å². The fourth-order valence-electron chi connectivity index (χ4n) is 1.62. The summed E-state index contributed by atoms with van der Waals surface area (Å²) in [6.07, 6.45) is 2.81. The first kappa shape index (κ1) is 15.2. The van der Waals surface area contributed by atoms with Gasteiger partial charge in [0.25, 0.3) is 0 Å². The van der Waals surface area contributed by atoms with Crippen molar-refractivity contribution in [3.63, 3.8) is 0 Å². The summed E-state index contributed by atoms with van der Waals surface area (Å²) in [6, 6.07) is 6.99. The molecule has 1 aromatic carbocycles. The van der Waals surface area contributed by atoms with Gasteiger partial charge in [-0.25, -0.2) is 0 Å².